The van der Waals surface area contributed by atoms with Crippen molar-refractivity contribution in [2.75, 3.05) is 26.4 Å². The normalized spacial score (nSPS) is 52.6. The van der Waals surface area contributed by atoms with Gasteiger partial charge in [-0.25, -0.2) is 0 Å². The smallest absolute Gasteiger partial charge is 0.187 e. The minimum absolute atomic E-state index is 0.0508. The van der Waals surface area contributed by atoms with Gasteiger partial charge in [0.2, 0.25) is 0 Å². The predicted octanol–water partition coefficient (Wildman–Crippen LogP) is -1.56. The van der Waals surface area contributed by atoms with E-state index in [-0.39, 0.29) is 34.5 Å². The van der Waals surface area contributed by atoms with Gasteiger partial charge in [0.25, 0.3) is 0 Å². The van der Waals surface area contributed by atoms with Gasteiger partial charge in [-0.3, -0.25) is 0 Å². The first-order valence-corrected chi connectivity index (χ1v) is 27.3. The van der Waals surface area contributed by atoms with Crippen LogP contribution in [0.4, 0.5) is 0 Å². The molecule has 14 N–H and O–H groups in total. The van der Waals surface area contributed by atoms with Crippen molar-refractivity contribution in [2.45, 2.75) is 248 Å². The van der Waals surface area contributed by atoms with Crippen molar-refractivity contribution in [3.63, 3.8) is 0 Å². The highest BCUT2D eigenvalue weighted by molar-refractivity contribution is 5.20. The number of rotatable bonds is 16. The van der Waals surface area contributed by atoms with Crippen molar-refractivity contribution in [3.05, 3.63) is 11.6 Å². The standard InChI is InChI=1S/C53H90O22/c1-23(2)10-9-14-53(8,75-47-43(67)39(63)37(61)29(72-47)22-68-45-41(65)36(60)28(21-56)69-45)24-11-16-52(7)33(24)25(57)18-31-50(5)15-13-32(49(3,4)30(50)12-17-51(31,52)6)73-48-44(40(64)35(59)27(20-55)71-48)74-46-42(66)38(62)34(58)26(19-54)70-46/h10,24-48,54-67H,9,11-22H2,1-8H3/t24-,25+,26+,27+,28+,29+,30-,31+,32-,33-,34+,35+,36+,37+,38-,39-,40-,41-,42+,43+,44+,45+,46-,47-,48-,50-,51+,52+,53-/m0/s1. The molecule has 4 aliphatic carbocycles. The number of aliphatic hydroxyl groups is 14. The minimum atomic E-state index is -1.81. The Hall–Kier alpha value is -1.14. The summed E-state index contributed by atoms with van der Waals surface area (Å²) in [5, 5.41) is 151. The van der Waals surface area contributed by atoms with E-state index in [1.807, 2.05) is 20.8 Å². The van der Waals surface area contributed by atoms with Crippen molar-refractivity contribution in [1.82, 2.24) is 0 Å². The Morgan fingerprint density at radius 2 is 1.08 bits per heavy atom. The quantitative estimate of drug-likeness (QED) is 0.0614. The average Bonchev–Trinajstić information content (AvgIpc) is 3.89. The Balaban J connectivity index is 1.01. The summed E-state index contributed by atoms with van der Waals surface area (Å²) in [4.78, 5) is 0. The molecule has 29 atom stereocenters. The van der Waals surface area contributed by atoms with Crippen molar-refractivity contribution in [3.8, 4) is 0 Å². The molecular formula is C53H90O22. The lowest BCUT2D eigenvalue weighted by atomic mass is 9.35. The van der Waals surface area contributed by atoms with E-state index in [2.05, 4.69) is 40.7 Å². The van der Waals surface area contributed by atoms with Crippen LogP contribution >= 0.6 is 0 Å². The second kappa shape index (κ2) is 22.7. The van der Waals surface area contributed by atoms with Crippen molar-refractivity contribution in [1.29, 1.82) is 0 Å². The number of allylic oxidation sites excluding steroid dienone is 2. The highest BCUT2D eigenvalue weighted by atomic mass is 16.8. The van der Waals surface area contributed by atoms with E-state index < -0.39 is 172 Å². The molecule has 4 saturated heterocycles. The fourth-order valence-electron chi connectivity index (χ4n) is 16.1. The maximum Gasteiger partial charge on any atom is 0.187 e. The molecule has 0 spiro atoms. The summed E-state index contributed by atoms with van der Waals surface area (Å²) >= 11 is 0. The average molecular weight is 1080 g/mol. The van der Waals surface area contributed by atoms with E-state index in [0.29, 0.717) is 38.5 Å². The maximum atomic E-state index is 12.8. The van der Waals surface area contributed by atoms with Gasteiger partial charge in [0.1, 0.15) is 91.6 Å². The summed E-state index contributed by atoms with van der Waals surface area (Å²) < 4.78 is 48.9. The van der Waals surface area contributed by atoms with Gasteiger partial charge in [0.05, 0.1) is 44.2 Å². The third kappa shape index (κ3) is 10.5. The molecule has 22 heteroatoms. The Kier molecular flexibility index (Phi) is 18.1. The molecule has 0 aromatic rings. The van der Waals surface area contributed by atoms with Crippen LogP contribution in [0.15, 0.2) is 11.6 Å². The van der Waals surface area contributed by atoms with Crippen molar-refractivity contribution in [2.24, 2.45) is 45.3 Å². The highest BCUT2D eigenvalue weighted by Gasteiger charge is 2.72. The Morgan fingerprint density at radius 3 is 1.69 bits per heavy atom. The first kappa shape index (κ1) is 60.0. The molecule has 0 aromatic heterocycles. The Morgan fingerprint density at radius 1 is 0.560 bits per heavy atom. The molecule has 4 heterocycles. The molecule has 4 aliphatic heterocycles. The third-order valence-corrected chi connectivity index (χ3v) is 20.5. The fraction of sp³-hybridized carbons (Fsp3) is 0.962. The lowest BCUT2D eigenvalue weighted by molar-refractivity contribution is -0.378. The second-order valence-corrected chi connectivity index (χ2v) is 25.3. The minimum Gasteiger partial charge on any atom is -0.394 e. The van der Waals surface area contributed by atoms with Crippen LogP contribution < -0.4 is 0 Å². The number of ether oxygens (including phenoxy) is 8. The van der Waals surface area contributed by atoms with E-state index in [1.54, 1.807) is 0 Å². The number of hydrogen-bond donors (Lipinski definition) is 14. The number of fused-ring (bicyclic) bond motifs is 5. The largest absolute Gasteiger partial charge is 0.394 e. The topological polar surface area (TPSA) is 357 Å². The van der Waals surface area contributed by atoms with Crippen LogP contribution in [0.25, 0.3) is 0 Å². The third-order valence-electron chi connectivity index (χ3n) is 20.5. The summed E-state index contributed by atoms with van der Waals surface area (Å²) in [5.74, 6) is -0.394. The van der Waals surface area contributed by atoms with Crippen LogP contribution in [0.1, 0.15) is 113 Å². The molecule has 8 aliphatic rings. The van der Waals surface area contributed by atoms with Crippen molar-refractivity contribution >= 4 is 0 Å². The maximum absolute atomic E-state index is 12.8. The molecule has 0 bridgehead atoms. The van der Waals surface area contributed by atoms with Gasteiger partial charge in [0.15, 0.2) is 25.2 Å². The van der Waals surface area contributed by atoms with Crippen LogP contribution in [0.3, 0.4) is 0 Å². The number of hydrogen-bond acceptors (Lipinski definition) is 22. The molecule has 0 amide bonds. The van der Waals surface area contributed by atoms with Gasteiger partial charge in [-0.1, -0.05) is 46.3 Å². The molecular weight excluding hydrogens is 989 g/mol. The Bertz CT molecular complexity index is 1940. The lowest BCUT2D eigenvalue weighted by Crippen LogP contribution is -2.68. The van der Waals surface area contributed by atoms with Crippen molar-refractivity contribution < 1.29 is 109 Å². The summed E-state index contributed by atoms with van der Waals surface area (Å²) in [6.45, 7) is 14.9. The molecule has 22 nitrogen and oxygen atoms in total. The fourth-order valence-corrected chi connectivity index (χ4v) is 16.1. The van der Waals surface area contributed by atoms with Gasteiger partial charge in [-0.15, -0.1) is 0 Å². The molecule has 0 unspecified atom stereocenters. The van der Waals surface area contributed by atoms with Crippen LogP contribution in [0, 0.1) is 45.3 Å². The zero-order valence-electron chi connectivity index (χ0n) is 44.7. The molecule has 434 valence electrons. The van der Waals surface area contributed by atoms with E-state index in [0.717, 1.165) is 24.8 Å². The van der Waals surface area contributed by atoms with Crippen LogP contribution in [-0.4, -0.2) is 232 Å². The van der Waals surface area contributed by atoms with Gasteiger partial charge < -0.3 is 109 Å². The lowest BCUT2D eigenvalue weighted by Gasteiger charge is -2.71. The van der Waals surface area contributed by atoms with E-state index in [9.17, 15) is 71.5 Å². The molecule has 0 radical (unpaired) electrons. The van der Waals surface area contributed by atoms with Crippen LogP contribution in [0.5, 0.6) is 0 Å². The van der Waals surface area contributed by atoms with E-state index >= 15 is 0 Å². The second-order valence-electron chi connectivity index (χ2n) is 25.3. The molecule has 8 fully saturated rings. The molecule has 8 rings (SSSR count). The summed E-state index contributed by atoms with van der Waals surface area (Å²) in [5.41, 5.74) is -1.47. The summed E-state index contributed by atoms with van der Waals surface area (Å²) in [6, 6.07) is 0. The van der Waals surface area contributed by atoms with Gasteiger partial charge in [-0.05, 0) is 124 Å². The SMILES string of the molecule is CC(C)=CCC[C@](C)(O[C@@H]1O[C@H](CO[C@@H]2O[C@H](CO)[C@@H](O)[C@@H]2O)[C@@H](O)[C@H](O)[C@H]1O)[C@H]1CC[C@]2(C)[C@@H]1[C@H](O)C[C@@H]1[C@@]3(C)CC[C@H](O[C@@H]4O[C@H](CO)[C@@H](O)[C@H](O)[C@H]4O[C@@H]4O[C@H](CO)[C@@H](O)[C@H](O)[C@H]4O)C(C)(C)[C@@H]3CC[C@]12C. The monoisotopic (exact) mass is 1080 g/mol. The van der Waals surface area contributed by atoms with Gasteiger partial charge >= 0.3 is 0 Å². The van der Waals surface area contributed by atoms with Gasteiger partial charge in [-0.2, -0.15) is 0 Å². The van der Waals surface area contributed by atoms with E-state index in [1.165, 1.54) is 0 Å². The predicted molar refractivity (Wildman–Crippen MR) is 260 cm³/mol. The zero-order chi connectivity index (χ0) is 55.1. The number of aliphatic hydroxyl groups excluding tert-OH is 14. The van der Waals surface area contributed by atoms with Crippen LogP contribution in [-0.2, 0) is 37.9 Å². The van der Waals surface area contributed by atoms with Gasteiger partial charge in [0, 0.05) is 0 Å². The summed E-state index contributed by atoms with van der Waals surface area (Å²) in [6.07, 6.45) is -22.1. The van der Waals surface area contributed by atoms with E-state index in [4.69, 9.17) is 37.9 Å². The highest BCUT2D eigenvalue weighted by Crippen LogP contribution is 2.76. The summed E-state index contributed by atoms with van der Waals surface area (Å²) in [7, 11) is 0. The molecule has 0 aromatic carbocycles. The van der Waals surface area contributed by atoms with Crippen LogP contribution in [0.2, 0.25) is 0 Å². The molecule has 75 heavy (non-hydrogen) atoms. The first-order valence-electron chi connectivity index (χ1n) is 27.3. The zero-order valence-corrected chi connectivity index (χ0v) is 44.7. The first-order chi connectivity index (χ1) is 35.1. The Labute approximate surface area is 439 Å². The molecule has 4 saturated carbocycles.